The standard InChI is InChI=1S/C19H32N2/c1-15-12-16(2)14-18(13-15)17-6-8-19(9-7-17)21-11-5-3-4-10-20/h6-9,15-16,18,21H,3-5,10-14,20H2,1-2H3. The van der Waals surface area contributed by atoms with Crippen LogP contribution < -0.4 is 11.1 Å². The Morgan fingerprint density at radius 1 is 0.952 bits per heavy atom. The highest BCUT2D eigenvalue weighted by Gasteiger charge is 2.24. The van der Waals surface area contributed by atoms with Crippen molar-refractivity contribution < 1.29 is 0 Å². The van der Waals surface area contributed by atoms with E-state index in [4.69, 9.17) is 5.73 Å². The Kier molecular flexibility index (Phi) is 6.56. The number of unbranched alkanes of at least 4 members (excludes halogenated alkanes) is 2. The summed E-state index contributed by atoms with van der Waals surface area (Å²) >= 11 is 0. The van der Waals surface area contributed by atoms with Gasteiger partial charge in [-0.25, -0.2) is 0 Å². The van der Waals surface area contributed by atoms with Crippen LogP contribution in [0.1, 0.15) is 63.9 Å². The fourth-order valence-electron chi connectivity index (χ4n) is 3.77. The zero-order valence-corrected chi connectivity index (χ0v) is 13.8. The minimum Gasteiger partial charge on any atom is -0.385 e. The number of hydrogen-bond acceptors (Lipinski definition) is 2. The van der Waals surface area contributed by atoms with E-state index in [0.717, 1.165) is 37.3 Å². The van der Waals surface area contributed by atoms with Gasteiger partial charge in [0.05, 0.1) is 0 Å². The van der Waals surface area contributed by atoms with E-state index in [1.165, 1.54) is 43.4 Å². The molecule has 1 fully saturated rings. The van der Waals surface area contributed by atoms with Crippen LogP contribution in [0.25, 0.3) is 0 Å². The van der Waals surface area contributed by atoms with Crippen molar-refractivity contribution in [1.29, 1.82) is 0 Å². The van der Waals surface area contributed by atoms with Gasteiger partial charge < -0.3 is 11.1 Å². The molecule has 0 heterocycles. The molecule has 0 aromatic heterocycles. The summed E-state index contributed by atoms with van der Waals surface area (Å²) in [5.74, 6) is 2.51. The Morgan fingerprint density at radius 3 is 2.24 bits per heavy atom. The first kappa shape index (κ1) is 16.4. The molecule has 118 valence electrons. The molecule has 1 aliphatic rings. The van der Waals surface area contributed by atoms with Gasteiger partial charge >= 0.3 is 0 Å². The molecular formula is C19H32N2. The highest BCUT2D eigenvalue weighted by Crippen LogP contribution is 2.39. The van der Waals surface area contributed by atoms with Gasteiger partial charge in [0.1, 0.15) is 0 Å². The van der Waals surface area contributed by atoms with Gasteiger partial charge in [0, 0.05) is 12.2 Å². The lowest BCUT2D eigenvalue weighted by molar-refractivity contribution is 0.268. The number of anilines is 1. The van der Waals surface area contributed by atoms with Crippen LogP contribution in [0.3, 0.4) is 0 Å². The normalized spacial score (nSPS) is 25.8. The molecule has 2 heteroatoms. The second-order valence-corrected chi connectivity index (χ2v) is 7.01. The summed E-state index contributed by atoms with van der Waals surface area (Å²) in [5, 5.41) is 3.51. The van der Waals surface area contributed by atoms with Crippen LogP contribution in [0.5, 0.6) is 0 Å². The van der Waals surface area contributed by atoms with E-state index in [1.54, 1.807) is 0 Å². The quantitative estimate of drug-likeness (QED) is 0.709. The molecule has 0 amide bonds. The van der Waals surface area contributed by atoms with Crippen molar-refractivity contribution in [3.05, 3.63) is 29.8 Å². The maximum Gasteiger partial charge on any atom is 0.0340 e. The Balaban J connectivity index is 1.81. The van der Waals surface area contributed by atoms with E-state index < -0.39 is 0 Å². The summed E-state index contributed by atoms with van der Waals surface area (Å²) < 4.78 is 0. The van der Waals surface area contributed by atoms with Crippen LogP contribution in [0.15, 0.2) is 24.3 Å². The predicted octanol–water partition coefficient (Wildman–Crippen LogP) is 4.77. The molecular weight excluding hydrogens is 256 g/mol. The van der Waals surface area contributed by atoms with Crippen molar-refractivity contribution in [1.82, 2.24) is 0 Å². The molecule has 2 atom stereocenters. The summed E-state index contributed by atoms with van der Waals surface area (Å²) in [5.41, 5.74) is 8.29. The molecule has 2 rings (SSSR count). The zero-order valence-electron chi connectivity index (χ0n) is 13.8. The lowest BCUT2D eigenvalue weighted by Gasteiger charge is -2.31. The van der Waals surface area contributed by atoms with E-state index in [-0.39, 0.29) is 0 Å². The van der Waals surface area contributed by atoms with Crippen LogP contribution in [0, 0.1) is 11.8 Å². The first-order valence-corrected chi connectivity index (χ1v) is 8.73. The molecule has 0 saturated heterocycles. The summed E-state index contributed by atoms with van der Waals surface area (Å²) in [6.45, 7) is 6.67. The first-order chi connectivity index (χ1) is 10.2. The first-order valence-electron chi connectivity index (χ1n) is 8.73. The highest BCUT2D eigenvalue weighted by atomic mass is 14.9. The van der Waals surface area contributed by atoms with Crippen LogP contribution in [0.2, 0.25) is 0 Å². The fourth-order valence-corrected chi connectivity index (χ4v) is 3.77. The Morgan fingerprint density at radius 2 is 1.62 bits per heavy atom. The van der Waals surface area contributed by atoms with Crippen LogP contribution in [-0.2, 0) is 0 Å². The Labute approximate surface area is 130 Å². The van der Waals surface area contributed by atoms with Gasteiger partial charge in [-0.15, -0.1) is 0 Å². The van der Waals surface area contributed by atoms with Gasteiger partial charge in [-0.3, -0.25) is 0 Å². The summed E-state index contributed by atoms with van der Waals surface area (Å²) in [7, 11) is 0. The van der Waals surface area contributed by atoms with E-state index in [9.17, 15) is 0 Å². The van der Waals surface area contributed by atoms with Gasteiger partial charge in [-0.05, 0) is 74.1 Å². The summed E-state index contributed by atoms with van der Waals surface area (Å²) in [6.07, 6.45) is 7.68. The lowest BCUT2D eigenvalue weighted by atomic mass is 9.74. The van der Waals surface area contributed by atoms with Crippen LogP contribution in [-0.4, -0.2) is 13.1 Å². The summed E-state index contributed by atoms with van der Waals surface area (Å²) in [4.78, 5) is 0. The third-order valence-corrected chi connectivity index (χ3v) is 4.77. The molecule has 1 aliphatic carbocycles. The molecule has 1 saturated carbocycles. The monoisotopic (exact) mass is 288 g/mol. The third kappa shape index (κ3) is 5.35. The molecule has 21 heavy (non-hydrogen) atoms. The maximum atomic E-state index is 5.51. The Hall–Kier alpha value is -1.02. The molecule has 3 N–H and O–H groups in total. The molecule has 1 aromatic carbocycles. The van der Waals surface area contributed by atoms with Gasteiger partial charge in [-0.2, -0.15) is 0 Å². The number of benzene rings is 1. The average molecular weight is 288 g/mol. The highest BCUT2D eigenvalue weighted by molar-refractivity contribution is 5.45. The van der Waals surface area contributed by atoms with Crippen molar-refractivity contribution in [2.75, 3.05) is 18.4 Å². The summed E-state index contributed by atoms with van der Waals surface area (Å²) in [6, 6.07) is 9.17. The minimum absolute atomic E-state index is 0.766. The fraction of sp³-hybridized carbons (Fsp3) is 0.684. The molecule has 0 aliphatic heterocycles. The molecule has 2 unspecified atom stereocenters. The van der Waals surface area contributed by atoms with Crippen LogP contribution >= 0.6 is 0 Å². The number of nitrogens with two attached hydrogens (primary N) is 1. The van der Waals surface area contributed by atoms with E-state index in [2.05, 4.69) is 43.4 Å². The second kappa shape index (κ2) is 8.43. The number of nitrogens with one attached hydrogen (secondary N) is 1. The molecule has 0 radical (unpaired) electrons. The van der Waals surface area contributed by atoms with E-state index in [0.29, 0.717) is 0 Å². The topological polar surface area (TPSA) is 38.0 Å². The van der Waals surface area contributed by atoms with Crippen molar-refractivity contribution in [3.8, 4) is 0 Å². The van der Waals surface area contributed by atoms with E-state index >= 15 is 0 Å². The van der Waals surface area contributed by atoms with Crippen molar-refractivity contribution >= 4 is 5.69 Å². The molecule has 1 aromatic rings. The smallest absolute Gasteiger partial charge is 0.0340 e. The van der Waals surface area contributed by atoms with Gasteiger partial charge in [0.15, 0.2) is 0 Å². The van der Waals surface area contributed by atoms with Crippen LogP contribution in [0.4, 0.5) is 5.69 Å². The maximum absolute atomic E-state index is 5.51. The zero-order chi connectivity index (χ0) is 15.1. The molecule has 0 spiro atoms. The minimum atomic E-state index is 0.766. The number of rotatable bonds is 7. The van der Waals surface area contributed by atoms with E-state index in [1.807, 2.05) is 0 Å². The SMILES string of the molecule is CC1CC(C)CC(c2ccc(NCCCCCN)cc2)C1. The molecule has 2 nitrogen and oxygen atoms in total. The average Bonchev–Trinajstić information content (AvgIpc) is 2.47. The van der Waals surface area contributed by atoms with Crippen molar-refractivity contribution in [2.45, 2.75) is 58.3 Å². The largest absolute Gasteiger partial charge is 0.385 e. The third-order valence-electron chi connectivity index (χ3n) is 4.77. The second-order valence-electron chi connectivity index (χ2n) is 7.01. The van der Waals surface area contributed by atoms with Gasteiger partial charge in [0.2, 0.25) is 0 Å². The van der Waals surface area contributed by atoms with Crippen molar-refractivity contribution in [3.63, 3.8) is 0 Å². The molecule has 0 bridgehead atoms. The van der Waals surface area contributed by atoms with Gasteiger partial charge in [-0.1, -0.05) is 32.4 Å². The number of hydrogen-bond donors (Lipinski definition) is 2. The van der Waals surface area contributed by atoms with Gasteiger partial charge in [0.25, 0.3) is 0 Å². The lowest BCUT2D eigenvalue weighted by Crippen LogP contribution is -2.18. The Bertz CT molecular complexity index is 389. The van der Waals surface area contributed by atoms with Crippen molar-refractivity contribution in [2.24, 2.45) is 17.6 Å². The predicted molar refractivity (Wildman–Crippen MR) is 92.8 cm³/mol.